The van der Waals surface area contributed by atoms with Gasteiger partial charge in [0.2, 0.25) is 0 Å². The Bertz CT molecular complexity index is 403. The Hall–Kier alpha value is -1.83. The molecule has 1 heterocycles. The Balaban J connectivity index is 2.47. The zero-order valence-electron chi connectivity index (χ0n) is 7.90. The molecule has 1 aliphatic rings. The molecule has 1 aliphatic heterocycles. The van der Waals surface area contributed by atoms with Crippen LogP contribution in [-0.2, 0) is 0 Å². The van der Waals surface area contributed by atoms with E-state index in [0.29, 0.717) is 6.54 Å². The van der Waals surface area contributed by atoms with Crippen LogP contribution in [-0.4, -0.2) is 12.9 Å². The summed E-state index contributed by atoms with van der Waals surface area (Å²) in [5.41, 5.74) is 3.18. The Morgan fingerprint density at radius 1 is 1.29 bits per heavy atom. The molecule has 1 N–H and O–H groups in total. The minimum absolute atomic E-state index is 0.703. The van der Waals surface area contributed by atoms with Crippen molar-refractivity contribution < 1.29 is 0 Å². The molecule has 1 aromatic carbocycles. The lowest BCUT2D eigenvalue weighted by Crippen LogP contribution is -2.08. The van der Waals surface area contributed by atoms with Crippen LogP contribution in [0, 0.1) is 0 Å². The van der Waals surface area contributed by atoms with Gasteiger partial charge in [0.1, 0.15) is 0 Å². The molecule has 0 fully saturated rings. The van der Waals surface area contributed by atoms with Gasteiger partial charge in [-0.25, -0.2) is 0 Å². The van der Waals surface area contributed by atoms with Gasteiger partial charge in [-0.05, 0) is 5.56 Å². The van der Waals surface area contributed by atoms with Crippen molar-refractivity contribution in [3.05, 3.63) is 48.0 Å². The molecule has 2 rings (SSSR count). The van der Waals surface area contributed by atoms with Crippen molar-refractivity contribution in [2.75, 3.05) is 6.54 Å². The first-order chi connectivity index (χ1) is 6.88. The summed E-state index contributed by atoms with van der Waals surface area (Å²) in [5.74, 6) is 0. The second-order valence-corrected chi connectivity index (χ2v) is 3.11. The quantitative estimate of drug-likeness (QED) is 0.657. The minimum Gasteiger partial charge on any atom is -0.347 e. The van der Waals surface area contributed by atoms with E-state index in [2.05, 4.69) is 29.0 Å². The van der Waals surface area contributed by atoms with E-state index in [-0.39, 0.29) is 0 Å². The van der Waals surface area contributed by atoms with Crippen LogP contribution in [0.2, 0.25) is 0 Å². The van der Waals surface area contributed by atoms with E-state index in [4.69, 9.17) is 0 Å². The fraction of sp³-hybridized carbons (Fsp3) is 0.0833. The smallest absolute Gasteiger partial charge is 0.0871 e. The van der Waals surface area contributed by atoms with Crippen molar-refractivity contribution in [2.45, 2.75) is 0 Å². The third-order valence-corrected chi connectivity index (χ3v) is 2.12. The van der Waals surface area contributed by atoms with Crippen molar-refractivity contribution in [3.8, 4) is 0 Å². The maximum absolute atomic E-state index is 4.14. The number of nitrogens with one attached hydrogen (secondary N) is 1. The average Bonchev–Trinajstić information content (AvgIpc) is 2.30. The van der Waals surface area contributed by atoms with Crippen molar-refractivity contribution in [1.82, 2.24) is 5.32 Å². The van der Waals surface area contributed by atoms with Gasteiger partial charge in [0, 0.05) is 11.3 Å². The van der Waals surface area contributed by atoms with Crippen molar-refractivity contribution in [1.29, 1.82) is 0 Å². The van der Waals surface area contributed by atoms with Crippen molar-refractivity contribution >= 4 is 18.1 Å². The predicted molar refractivity (Wildman–Crippen MR) is 61.0 cm³/mol. The highest BCUT2D eigenvalue weighted by Crippen LogP contribution is 2.17. The second-order valence-electron chi connectivity index (χ2n) is 3.11. The van der Waals surface area contributed by atoms with Crippen LogP contribution in [0.5, 0.6) is 0 Å². The zero-order valence-corrected chi connectivity index (χ0v) is 7.90. The minimum atomic E-state index is 0.703. The van der Waals surface area contributed by atoms with E-state index in [1.165, 1.54) is 5.56 Å². The molecule has 0 saturated carbocycles. The van der Waals surface area contributed by atoms with E-state index in [9.17, 15) is 0 Å². The third kappa shape index (κ3) is 1.74. The third-order valence-electron chi connectivity index (χ3n) is 2.12. The van der Waals surface area contributed by atoms with Crippen LogP contribution in [0.1, 0.15) is 11.1 Å². The lowest BCUT2D eigenvalue weighted by molar-refractivity contribution is 1.22. The summed E-state index contributed by atoms with van der Waals surface area (Å²) in [6, 6.07) is 8.15. The summed E-state index contributed by atoms with van der Waals surface area (Å²) in [7, 11) is 0. The summed E-state index contributed by atoms with van der Waals surface area (Å²) in [4.78, 5) is 4.14. The molecular weight excluding hydrogens is 172 g/mol. The number of hydrogen-bond donors (Lipinski definition) is 1. The molecule has 70 valence electrons. The Morgan fingerprint density at radius 2 is 2.14 bits per heavy atom. The van der Waals surface area contributed by atoms with Gasteiger partial charge in [0.25, 0.3) is 0 Å². The number of hydrogen-bond acceptors (Lipinski definition) is 2. The number of nitrogens with zero attached hydrogens (tertiary/aromatic N) is 1. The predicted octanol–water partition coefficient (Wildman–Crippen LogP) is 2.30. The van der Waals surface area contributed by atoms with Crippen LogP contribution < -0.4 is 5.32 Å². The average molecular weight is 184 g/mol. The topological polar surface area (TPSA) is 24.4 Å². The second kappa shape index (κ2) is 3.92. The molecule has 0 amide bonds. The molecule has 14 heavy (non-hydrogen) atoms. The van der Waals surface area contributed by atoms with E-state index >= 15 is 0 Å². The van der Waals surface area contributed by atoms with Gasteiger partial charge in [-0.2, -0.15) is 0 Å². The molecule has 0 aliphatic carbocycles. The standard InChI is InChI=1S/C12H12N2/c1-10-12-7-3-2-5-11(12)6-4-8-13-9-14-10/h2-7,9H,1,8H2,(H,13,14)/b6-4-. The number of aliphatic imine (C=N–C) groups is 1. The van der Waals surface area contributed by atoms with Gasteiger partial charge in [-0.1, -0.05) is 43.0 Å². The molecule has 0 spiro atoms. The van der Waals surface area contributed by atoms with Gasteiger partial charge < -0.3 is 5.32 Å². The summed E-state index contributed by atoms with van der Waals surface area (Å²) in [6.45, 7) is 4.67. The molecule has 0 saturated heterocycles. The largest absolute Gasteiger partial charge is 0.347 e. The lowest BCUT2D eigenvalue weighted by atomic mass is 10.0. The first kappa shape index (κ1) is 8.75. The van der Waals surface area contributed by atoms with Gasteiger partial charge in [-0.3, -0.25) is 4.99 Å². The highest BCUT2D eigenvalue weighted by atomic mass is 14.9. The molecule has 0 bridgehead atoms. The van der Waals surface area contributed by atoms with Crippen LogP contribution in [0.15, 0.2) is 41.9 Å². The van der Waals surface area contributed by atoms with Gasteiger partial charge in [0.05, 0.1) is 12.9 Å². The first-order valence-corrected chi connectivity index (χ1v) is 4.57. The highest BCUT2D eigenvalue weighted by molar-refractivity contribution is 5.79. The lowest BCUT2D eigenvalue weighted by Gasteiger charge is -2.07. The van der Waals surface area contributed by atoms with Gasteiger partial charge >= 0.3 is 0 Å². The zero-order chi connectivity index (χ0) is 9.80. The molecule has 0 unspecified atom stereocenters. The summed E-state index contributed by atoms with van der Waals surface area (Å²) in [6.07, 6.45) is 5.80. The fourth-order valence-electron chi connectivity index (χ4n) is 1.41. The summed E-state index contributed by atoms with van der Waals surface area (Å²) >= 11 is 0. The molecule has 0 radical (unpaired) electrons. The molecule has 2 heteroatoms. The van der Waals surface area contributed by atoms with Gasteiger partial charge in [-0.15, -0.1) is 0 Å². The van der Waals surface area contributed by atoms with Crippen LogP contribution in [0.3, 0.4) is 0 Å². The Kier molecular flexibility index (Phi) is 2.45. The Labute approximate surface area is 83.7 Å². The normalized spacial score (nSPS) is 17.3. The first-order valence-electron chi connectivity index (χ1n) is 4.57. The molecule has 0 aromatic heterocycles. The van der Waals surface area contributed by atoms with Crippen molar-refractivity contribution in [2.24, 2.45) is 4.99 Å². The molecular formula is C12H12N2. The molecule has 2 nitrogen and oxygen atoms in total. The van der Waals surface area contributed by atoms with E-state index in [1.807, 2.05) is 24.3 Å². The van der Waals surface area contributed by atoms with Crippen LogP contribution >= 0.6 is 0 Å². The van der Waals surface area contributed by atoms with E-state index in [0.717, 1.165) is 11.3 Å². The number of benzene rings is 1. The molecule has 1 aromatic rings. The van der Waals surface area contributed by atoms with Crippen molar-refractivity contribution in [3.63, 3.8) is 0 Å². The molecule has 0 atom stereocenters. The Morgan fingerprint density at radius 3 is 3.07 bits per heavy atom. The SMILES string of the molecule is C=C1NC=NC/C=C\c2ccccc21. The van der Waals surface area contributed by atoms with Crippen LogP contribution in [0.4, 0.5) is 0 Å². The van der Waals surface area contributed by atoms with E-state index in [1.54, 1.807) is 6.34 Å². The maximum Gasteiger partial charge on any atom is 0.0871 e. The number of rotatable bonds is 0. The summed E-state index contributed by atoms with van der Waals surface area (Å²) in [5, 5.41) is 3.05. The number of fused-ring (bicyclic) bond motifs is 1. The van der Waals surface area contributed by atoms with E-state index < -0.39 is 0 Å². The van der Waals surface area contributed by atoms with Crippen LogP contribution in [0.25, 0.3) is 11.8 Å². The fourth-order valence-corrected chi connectivity index (χ4v) is 1.41. The van der Waals surface area contributed by atoms with Gasteiger partial charge in [0.15, 0.2) is 0 Å². The highest BCUT2D eigenvalue weighted by Gasteiger charge is 2.02. The maximum atomic E-state index is 4.14. The summed E-state index contributed by atoms with van der Waals surface area (Å²) < 4.78 is 0. The monoisotopic (exact) mass is 184 g/mol.